The summed E-state index contributed by atoms with van der Waals surface area (Å²) in [5.74, 6) is -1.20. The zero-order valence-corrected chi connectivity index (χ0v) is 20.2. The van der Waals surface area contributed by atoms with Crippen LogP contribution in [0.25, 0.3) is 0 Å². The van der Waals surface area contributed by atoms with Gasteiger partial charge in [-0.15, -0.1) is 0 Å². The van der Waals surface area contributed by atoms with Crippen LogP contribution in [0.15, 0.2) is 60.7 Å². The molecule has 0 spiro atoms. The third-order valence-electron chi connectivity index (χ3n) is 5.46. The molecule has 12 heteroatoms. The van der Waals surface area contributed by atoms with Crippen molar-refractivity contribution in [1.82, 2.24) is 0 Å². The maximum atomic E-state index is 12.9. The van der Waals surface area contributed by atoms with Gasteiger partial charge in [0, 0.05) is 17.8 Å². The Labute approximate surface area is 211 Å². The van der Waals surface area contributed by atoms with E-state index in [-0.39, 0.29) is 28.4 Å². The molecule has 0 saturated carbocycles. The van der Waals surface area contributed by atoms with E-state index in [4.69, 9.17) is 15.2 Å². The lowest BCUT2D eigenvalue weighted by Crippen LogP contribution is -2.22. The summed E-state index contributed by atoms with van der Waals surface area (Å²) < 4.78 is 10.4. The summed E-state index contributed by atoms with van der Waals surface area (Å²) in [6, 6.07) is 14.4. The van der Waals surface area contributed by atoms with Crippen molar-refractivity contribution in [1.29, 1.82) is 0 Å². The fourth-order valence-electron chi connectivity index (χ4n) is 3.46. The van der Waals surface area contributed by atoms with Crippen molar-refractivity contribution in [3.05, 3.63) is 81.9 Å². The van der Waals surface area contributed by atoms with E-state index < -0.39 is 28.7 Å². The molecule has 12 nitrogen and oxygen atoms in total. The zero-order chi connectivity index (χ0) is 27.1. The van der Waals surface area contributed by atoms with Gasteiger partial charge in [0.25, 0.3) is 11.6 Å². The summed E-state index contributed by atoms with van der Waals surface area (Å²) >= 11 is 0. The molecule has 4 amide bonds. The van der Waals surface area contributed by atoms with E-state index in [0.717, 1.165) is 0 Å². The second-order valence-corrected chi connectivity index (χ2v) is 7.80. The molecule has 1 atom stereocenters. The first-order chi connectivity index (χ1) is 17.6. The number of hydrogen-bond acceptors (Lipinski definition) is 7. The minimum absolute atomic E-state index is 0.0532. The zero-order valence-electron chi connectivity index (χ0n) is 20.2. The molecule has 1 unspecified atom stereocenters. The van der Waals surface area contributed by atoms with Crippen LogP contribution in [0.1, 0.15) is 28.8 Å². The number of carbonyl (C=O) groups is 3. The number of nitro benzene ring substituents is 1. The highest BCUT2D eigenvalue weighted by Crippen LogP contribution is 2.34. The number of nitrogens with two attached hydrogens (primary N) is 1. The molecule has 0 bridgehead atoms. The molecule has 192 valence electrons. The predicted octanol–water partition coefficient (Wildman–Crippen LogP) is 4.10. The second-order valence-electron chi connectivity index (χ2n) is 7.80. The number of nitrogens with one attached hydrogen (secondary N) is 3. The summed E-state index contributed by atoms with van der Waals surface area (Å²) in [4.78, 5) is 47.7. The quantitative estimate of drug-likeness (QED) is 0.249. The Kier molecular flexibility index (Phi) is 8.25. The number of ether oxygens (including phenoxy) is 2. The minimum atomic E-state index is -0.751. The highest BCUT2D eigenvalue weighted by molar-refractivity contribution is 6.05. The second kappa shape index (κ2) is 11.5. The van der Waals surface area contributed by atoms with Crippen LogP contribution in [0.2, 0.25) is 0 Å². The van der Waals surface area contributed by atoms with E-state index in [0.29, 0.717) is 17.0 Å². The van der Waals surface area contributed by atoms with E-state index >= 15 is 0 Å². The smallest absolute Gasteiger partial charge is 0.323 e. The molecule has 0 saturated heterocycles. The van der Waals surface area contributed by atoms with Crippen LogP contribution in [0.5, 0.6) is 11.5 Å². The monoisotopic (exact) mass is 507 g/mol. The largest absolute Gasteiger partial charge is 0.493 e. The number of amides is 4. The number of nitrogens with zero attached hydrogens (tertiary/aromatic N) is 1. The fraction of sp³-hybridized carbons (Fsp3) is 0.160. The summed E-state index contributed by atoms with van der Waals surface area (Å²) in [5.41, 5.74) is 6.54. The van der Waals surface area contributed by atoms with Gasteiger partial charge in [-0.2, -0.15) is 0 Å². The summed E-state index contributed by atoms with van der Waals surface area (Å²) in [6.07, 6.45) is 0. The van der Waals surface area contributed by atoms with Crippen LogP contribution >= 0.6 is 0 Å². The van der Waals surface area contributed by atoms with Crippen molar-refractivity contribution < 1.29 is 28.8 Å². The van der Waals surface area contributed by atoms with Crippen molar-refractivity contribution in [2.45, 2.75) is 12.8 Å². The minimum Gasteiger partial charge on any atom is -0.493 e. The van der Waals surface area contributed by atoms with Crippen LogP contribution in [0.3, 0.4) is 0 Å². The Morgan fingerprint density at radius 3 is 2.11 bits per heavy atom. The normalized spacial score (nSPS) is 11.1. The van der Waals surface area contributed by atoms with Crippen LogP contribution in [0, 0.1) is 10.1 Å². The molecule has 5 N–H and O–H groups in total. The number of benzene rings is 3. The van der Waals surface area contributed by atoms with Crippen molar-refractivity contribution in [2.24, 2.45) is 5.73 Å². The van der Waals surface area contributed by atoms with Crippen LogP contribution < -0.4 is 31.2 Å². The summed E-state index contributed by atoms with van der Waals surface area (Å²) in [6.45, 7) is 1.67. The molecule has 0 aliphatic heterocycles. The van der Waals surface area contributed by atoms with Crippen molar-refractivity contribution in [3.63, 3.8) is 0 Å². The fourth-order valence-corrected chi connectivity index (χ4v) is 3.46. The topological polar surface area (TPSA) is 175 Å². The van der Waals surface area contributed by atoms with Crippen LogP contribution in [-0.2, 0) is 4.79 Å². The van der Waals surface area contributed by atoms with Crippen molar-refractivity contribution in [3.8, 4) is 11.5 Å². The number of anilines is 3. The first-order valence-corrected chi connectivity index (χ1v) is 10.9. The van der Waals surface area contributed by atoms with Gasteiger partial charge in [-0.25, -0.2) is 4.79 Å². The molecule has 0 heterocycles. The highest BCUT2D eigenvalue weighted by Gasteiger charge is 2.21. The maximum Gasteiger partial charge on any atom is 0.323 e. The lowest BCUT2D eigenvalue weighted by atomic mass is 9.99. The lowest BCUT2D eigenvalue weighted by Gasteiger charge is -2.17. The molecule has 3 aromatic carbocycles. The Morgan fingerprint density at radius 1 is 0.892 bits per heavy atom. The Balaban J connectivity index is 1.70. The molecule has 37 heavy (non-hydrogen) atoms. The molecule has 0 fully saturated rings. The van der Waals surface area contributed by atoms with E-state index in [1.165, 1.54) is 44.6 Å². The average molecular weight is 508 g/mol. The molecule has 3 rings (SSSR count). The number of para-hydroxylation sites is 2. The summed E-state index contributed by atoms with van der Waals surface area (Å²) in [5, 5.41) is 18.8. The van der Waals surface area contributed by atoms with Crippen molar-refractivity contribution >= 4 is 40.6 Å². The Morgan fingerprint density at radius 2 is 1.51 bits per heavy atom. The maximum absolute atomic E-state index is 12.9. The molecule has 0 aromatic heterocycles. The van der Waals surface area contributed by atoms with Gasteiger partial charge in [-0.3, -0.25) is 19.7 Å². The van der Waals surface area contributed by atoms with Gasteiger partial charge in [0.1, 0.15) is 5.69 Å². The average Bonchev–Trinajstić information content (AvgIpc) is 2.88. The van der Waals surface area contributed by atoms with Gasteiger partial charge in [0.05, 0.1) is 36.3 Å². The number of rotatable bonds is 9. The SMILES string of the molecule is COc1cc(NC(=O)C(C)c2ccc(NC(=O)Nc3ccccc3[N+](=O)[O-])cc2)c(C(N)=O)cc1OC. The lowest BCUT2D eigenvalue weighted by molar-refractivity contribution is -0.383. The Bertz CT molecular complexity index is 1340. The van der Waals surface area contributed by atoms with Crippen LogP contribution in [0.4, 0.5) is 27.5 Å². The number of urea groups is 1. The van der Waals surface area contributed by atoms with Crippen molar-refractivity contribution in [2.75, 3.05) is 30.2 Å². The number of methoxy groups -OCH3 is 2. The predicted molar refractivity (Wildman–Crippen MR) is 137 cm³/mol. The number of carbonyl (C=O) groups excluding carboxylic acids is 3. The molecular formula is C25H25N5O7. The Hall–Kier alpha value is -5.13. The number of nitro groups is 1. The van der Waals surface area contributed by atoms with Gasteiger partial charge in [-0.1, -0.05) is 24.3 Å². The third-order valence-corrected chi connectivity index (χ3v) is 5.46. The molecule has 0 radical (unpaired) electrons. The molecule has 0 aliphatic rings. The third kappa shape index (κ3) is 6.31. The van der Waals surface area contributed by atoms with Gasteiger partial charge in [-0.05, 0) is 36.8 Å². The number of hydrogen-bond donors (Lipinski definition) is 4. The van der Waals surface area contributed by atoms with E-state index in [2.05, 4.69) is 16.0 Å². The first-order valence-electron chi connectivity index (χ1n) is 10.9. The standard InChI is InChI=1S/C25H25N5O7/c1-14(24(32)28-19-13-22(37-3)21(36-2)12-17(19)23(26)31)15-8-10-16(11-9-15)27-25(33)29-18-6-4-5-7-20(18)30(34)35/h4-14H,1-3H3,(H2,26,31)(H,28,32)(H2,27,29,33). The van der Waals surface area contributed by atoms with E-state index in [9.17, 15) is 24.5 Å². The van der Waals surface area contributed by atoms with Gasteiger partial charge >= 0.3 is 6.03 Å². The first kappa shape index (κ1) is 26.5. The highest BCUT2D eigenvalue weighted by atomic mass is 16.6. The van der Waals surface area contributed by atoms with Gasteiger partial charge < -0.3 is 31.2 Å². The molecule has 3 aromatic rings. The van der Waals surface area contributed by atoms with Crippen LogP contribution in [-0.4, -0.2) is 37.0 Å². The van der Waals surface area contributed by atoms with E-state index in [1.807, 2.05) is 0 Å². The molecule has 0 aliphatic carbocycles. The molecular weight excluding hydrogens is 482 g/mol. The van der Waals surface area contributed by atoms with E-state index in [1.54, 1.807) is 37.3 Å². The summed E-state index contributed by atoms with van der Waals surface area (Å²) in [7, 11) is 2.84. The van der Waals surface area contributed by atoms with Gasteiger partial charge in [0.2, 0.25) is 5.91 Å². The van der Waals surface area contributed by atoms with Gasteiger partial charge in [0.15, 0.2) is 11.5 Å². The number of primary amides is 1.